The zero-order valence-corrected chi connectivity index (χ0v) is 6.43. The molecule has 1 N–H and O–H groups in total. The van der Waals surface area contributed by atoms with Crippen LogP contribution in [0.2, 0.25) is 0 Å². The van der Waals surface area contributed by atoms with E-state index in [-0.39, 0.29) is 12.8 Å². The van der Waals surface area contributed by atoms with Crippen LogP contribution in [0.25, 0.3) is 0 Å². The van der Waals surface area contributed by atoms with Gasteiger partial charge in [-0.1, -0.05) is 0 Å². The minimum absolute atomic E-state index is 0.197. The van der Waals surface area contributed by atoms with Crippen molar-refractivity contribution in [3.63, 3.8) is 0 Å². The fraction of sp³-hybridized carbons (Fsp3) is 0.857. The van der Waals surface area contributed by atoms with Crippen LogP contribution in [0.15, 0.2) is 0 Å². The molecule has 1 unspecified atom stereocenters. The standard InChI is InChI=1S/C7H10F2O3/c8-7(9)3-1-2-5(7)12-4-6(10)11/h5H,1-4H2,(H,10,11). The third kappa shape index (κ3) is 2.14. The molecule has 0 bridgehead atoms. The summed E-state index contributed by atoms with van der Waals surface area (Å²) in [6.45, 7) is -0.639. The maximum absolute atomic E-state index is 12.7. The third-order valence-corrected chi connectivity index (χ3v) is 1.86. The van der Waals surface area contributed by atoms with Gasteiger partial charge in [0.05, 0.1) is 0 Å². The van der Waals surface area contributed by atoms with E-state index in [1.807, 2.05) is 0 Å². The predicted octanol–water partition coefficient (Wildman–Crippen LogP) is 1.28. The number of halogens is 2. The maximum atomic E-state index is 12.7. The molecule has 0 aromatic heterocycles. The number of hydrogen-bond donors (Lipinski definition) is 1. The minimum Gasteiger partial charge on any atom is -0.480 e. The molecule has 12 heavy (non-hydrogen) atoms. The van der Waals surface area contributed by atoms with Crippen LogP contribution in [0.3, 0.4) is 0 Å². The molecular formula is C7H10F2O3. The normalized spacial score (nSPS) is 27.3. The van der Waals surface area contributed by atoms with E-state index in [1.54, 1.807) is 0 Å². The lowest BCUT2D eigenvalue weighted by molar-refractivity contribution is -0.155. The van der Waals surface area contributed by atoms with Crippen LogP contribution < -0.4 is 0 Å². The van der Waals surface area contributed by atoms with Gasteiger partial charge < -0.3 is 9.84 Å². The largest absolute Gasteiger partial charge is 0.480 e. The smallest absolute Gasteiger partial charge is 0.329 e. The first-order chi connectivity index (χ1) is 5.52. The molecule has 0 radical (unpaired) electrons. The van der Waals surface area contributed by atoms with Crippen molar-refractivity contribution in [3.8, 4) is 0 Å². The summed E-state index contributed by atoms with van der Waals surface area (Å²) in [6.07, 6.45) is -0.747. The van der Waals surface area contributed by atoms with Crippen molar-refractivity contribution in [3.05, 3.63) is 0 Å². The fourth-order valence-electron chi connectivity index (χ4n) is 1.27. The second kappa shape index (κ2) is 3.35. The van der Waals surface area contributed by atoms with Crippen LogP contribution >= 0.6 is 0 Å². The van der Waals surface area contributed by atoms with Crippen molar-refractivity contribution in [2.45, 2.75) is 31.3 Å². The van der Waals surface area contributed by atoms with Crippen LogP contribution in [0.5, 0.6) is 0 Å². The molecule has 1 saturated carbocycles. The Morgan fingerprint density at radius 2 is 2.33 bits per heavy atom. The number of aliphatic carboxylic acids is 1. The Kier molecular flexibility index (Phi) is 2.62. The second-order valence-corrected chi connectivity index (χ2v) is 2.85. The quantitative estimate of drug-likeness (QED) is 0.711. The van der Waals surface area contributed by atoms with Gasteiger partial charge in [-0.25, -0.2) is 13.6 Å². The molecule has 0 aromatic rings. The highest BCUT2D eigenvalue weighted by atomic mass is 19.3. The van der Waals surface area contributed by atoms with Crippen molar-refractivity contribution >= 4 is 5.97 Å². The maximum Gasteiger partial charge on any atom is 0.329 e. The molecule has 0 heterocycles. The Labute approximate surface area is 68.3 Å². The average molecular weight is 180 g/mol. The molecular weight excluding hydrogens is 170 g/mol. The van der Waals surface area contributed by atoms with Crippen molar-refractivity contribution in [1.29, 1.82) is 0 Å². The first-order valence-electron chi connectivity index (χ1n) is 3.73. The van der Waals surface area contributed by atoms with Gasteiger partial charge in [0.1, 0.15) is 12.7 Å². The van der Waals surface area contributed by atoms with Crippen LogP contribution in [-0.4, -0.2) is 29.7 Å². The van der Waals surface area contributed by atoms with Crippen molar-refractivity contribution < 1.29 is 23.4 Å². The van der Waals surface area contributed by atoms with Crippen molar-refractivity contribution in [2.75, 3.05) is 6.61 Å². The van der Waals surface area contributed by atoms with Gasteiger partial charge >= 0.3 is 5.97 Å². The summed E-state index contributed by atoms with van der Waals surface area (Å²) >= 11 is 0. The first kappa shape index (κ1) is 9.38. The van der Waals surface area contributed by atoms with E-state index in [0.29, 0.717) is 6.42 Å². The zero-order chi connectivity index (χ0) is 9.19. The van der Waals surface area contributed by atoms with Crippen molar-refractivity contribution in [2.24, 2.45) is 0 Å². The molecule has 3 nitrogen and oxygen atoms in total. The topological polar surface area (TPSA) is 46.5 Å². The summed E-state index contributed by atoms with van der Waals surface area (Å²) in [7, 11) is 0. The number of carboxylic acids is 1. The highest BCUT2D eigenvalue weighted by Crippen LogP contribution is 2.36. The summed E-state index contributed by atoms with van der Waals surface area (Å²) in [5.74, 6) is -4.05. The van der Waals surface area contributed by atoms with Crippen LogP contribution in [0.1, 0.15) is 19.3 Å². The van der Waals surface area contributed by atoms with Gasteiger partial charge in [-0.05, 0) is 12.8 Å². The number of hydrogen-bond acceptors (Lipinski definition) is 2. The summed E-state index contributed by atoms with van der Waals surface area (Å²) in [5.41, 5.74) is 0. The van der Waals surface area contributed by atoms with Crippen LogP contribution in [0, 0.1) is 0 Å². The molecule has 0 spiro atoms. The summed E-state index contributed by atoms with van der Waals surface area (Å²) in [6, 6.07) is 0. The lowest BCUT2D eigenvalue weighted by Gasteiger charge is -2.17. The average Bonchev–Trinajstić information content (AvgIpc) is 2.25. The number of rotatable bonds is 3. The van der Waals surface area contributed by atoms with E-state index in [1.165, 1.54) is 0 Å². The third-order valence-electron chi connectivity index (χ3n) is 1.86. The van der Waals surface area contributed by atoms with E-state index in [9.17, 15) is 13.6 Å². The Morgan fingerprint density at radius 3 is 2.75 bits per heavy atom. The monoisotopic (exact) mass is 180 g/mol. The molecule has 0 aliphatic heterocycles. The molecule has 1 fully saturated rings. The molecule has 1 atom stereocenters. The second-order valence-electron chi connectivity index (χ2n) is 2.85. The number of carboxylic acid groups (broad SMARTS) is 1. The number of alkyl halides is 2. The van der Waals surface area contributed by atoms with E-state index >= 15 is 0 Å². The van der Waals surface area contributed by atoms with Crippen molar-refractivity contribution in [1.82, 2.24) is 0 Å². The molecule has 0 saturated heterocycles. The lowest BCUT2D eigenvalue weighted by Crippen LogP contribution is -2.31. The molecule has 0 aromatic carbocycles. The number of carbonyl (C=O) groups is 1. The van der Waals surface area contributed by atoms with Gasteiger partial charge in [0, 0.05) is 6.42 Å². The predicted molar refractivity (Wildman–Crippen MR) is 36.2 cm³/mol. The van der Waals surface area contributed by atoms with Gasteiger partial charge in [0.2, 0.25) is 0 Å². The Morgan fingerprint density at radius 1 is 1.67 bits per heavy atom. The molecule has 1 aliphatic rings. The van der Waals surface area contributed by atoms with E-state index in [0.717, 1.165) is 0 Å². The van der Waals surface area contributed by atoms with Crippen LogP contribution in [0.4, 0.5) is 8.78 Å². The van der Waals surface area contributed by atoms with Gasteiger partial charge in [-0.15, -0.1) is 0 Å². The van der Waals surface area contributed by atoms with E-state index in [4.69, 9.17) is 5.11 Å². The van der Waals surface area contributed by atoms with E-state index in [2.05, 4.69) is 4.74 Å². The van der Waals surface area contributed by atoms with Gasteiger partial charge in [0.15, 0.2) is 0 Å². The van der Waals surface area contributed by atoms with Gasteiger partial charge in [-0.2, -0.15) is 0 Å². The van der Waals surface area contributed by atoms with E-state index < -0.39 is 24.6 Å². The van der Waals surface area contributed by atoms with Gasteiger partial charge in [-0.3, -0.25) is 0 Å². The molecule has 5 heteroatoms. The SMILES string of the molecule is O=C(O)COC1CCCC1(F)F. The Hall–Kier alpha value is -0.710. The molecule has 1 aliphatic carbocycles. The summed E-state index contributed by atoms with van der Waals surface area (Å²) in [5, 5.41) is 8.17. The Bertz CT molecular complexity index is 181. The Balaban J connectivity index is 2.36. The van der Waals surface area contributed by atoms with Gasteiger partial charge in [0.25, 0.3) is 5.92 Å². The fourth-order valence-corrected chi connectivity index (χ4v) is 1.27. The summed E-state index contributed by atoms with van der Waals surface area (Å²) in [4.78, 5) is 10.00. The molecule has 0 amide bonds. The molecule has 70 valence electrons. The highest BCUT2D eigenvalue weighted by Gasteiger charge is 2.44. The lowest BCUT2D eigenvalue weighted by atomic mass is 10.2. The van der Waals surface area contributed by atoms with Crippen LogP contribution in [-0.2, 0) is 9.53 Å². The molecule has 1 rings (SSSR count). The zero-order valence-electron chi connectivity index (χ0n) is 6.43. The number of ether oxygens (including phenoxy) is 1. The highest BCUT2D eigenvalue weighted by molar-refractivity contribution is 5.68. The first-order valence-corrected chi connectivity index (χ1v) is 3.73. The minimum atomic E-state index is -2.84. The summed E-state index contributed by atoms with van der Waals surface area (Å²) < 4.78 is 30.0.